The van der Waals surface area contributed by atoms with Gasteiger partial charge in [0.25, 0.3) is 0 Å². The Bertz CT molecular complexity index is 801. The summed E-state index contributed by atoms with van der Waals surface area (Å²) in [5, 5.41) is 6.57. The van der Waals surface area contributed by atoms with Crippen LogP contribution in [0.2, 0.25) is 0 Å². The number of thiazole rings is 1. The van der Waals surface area contributed by atoms with Crippen LogP contribution in [0.4, 0.5) is 9.93 Å². The van der Waals surface area contributed by atoms with Crippen molar-refractivity contribution in [2.24, 2.45) is 5.92 Å². The molecule has 2 N–H and O–H groups in total. The number of nitrogens with one attached hydrogen (secondary N) is 2. The van der Waals surface area contributed by atoms with Crippen LogP contribution in [0.5, 0.6) is 0 Å². The summed E-state index contributed by atoms with van der Waals surface area (Å²) in [6.07, 6.45) is 3.52. The maximum Gasteiger partial charge on any atom is 0.317 e. The highest BCUT2D eigenvalue weighted by Crippen LogP contribution is 2.32. The Hall–Kier alpha value is -2.41. The SMILES string of the molecule is O=C(Nc1nc2c(s1)CN(C(=O)NCCc1ccccc1)CC2)C1CC1. The fraction of sp³-hybridized carbons (Fsp3) is 0.421. The van der Waals surface area contributed by atoms with Crippen LogP contribution in [0, 0.1) is 5.92 Å². The van der Waals surface area contributed by atoms with E-state index in [9.17, 15) is 9.59 Å². The second kappa shape index (κ2) is 7.45. The minimum absolute atomic E-state index is 0.0384. The third kappa shape index (κ3) is 4.04. The third-order valence-corrected chi connectivity index (χ3v) is 5.73. The Morgan fingerprint density at radius 1 is 1.23 bits per heavy atom. The summed E-state index contributed by atoms with van der Waals surface area (Å²) in [6, 6.07) is 10.1. The summed E-state index contributed by atoms with van der Waals surface area (Å²) in [5.74, 6) is 0.245. The van der Waals surface area contributed by atoms with Gasteiger partial charge in [0.05, 0.1) is 12.2 Å². The third-order valence-electron chi connectivity index (χ3n) is 4.73. The van der Waals surface area contributed by atoms with Gasteiger partial charge < -0.3 is 15.5 Å². The van der Waals surface area contributed by atoms with Crippen molar-refractivity contribution in [2.75, 3.05) is 18.4 Å². The number of fused-ring (bicyclic) bond motifs is 1. The molecule has 1 aliphatic heterocycles. The van der Waals surface area contributed by atoms with Gasteiger partial charge >= 0.3 is 6.03 Å². The first kappa shape index (κ1) is 17.0. The predicted molar refractivity (Wildman–Crippen MR) is 101 cm³/mol. The lowest BCUT2D eigenvalue weighted by Crippen LogP contribution is -2.43. The van der Waals surface area contributed by atoms with Gasteiger partial charge in [0.1, 0.15) is 0 Å². The van der Waals surface area contributed by atoms with Crippen LogP contribution in [0.25, 0.3) is 0 Å². The second-order valence-corrected chi connectivity index (χ2v) is 7.88. The molecule has 6 nitrogen and oxygen atoms in total. The molecule has 1 aliphatic carbocycles. The Morgan fingerprint density at radius 3 is 2.81 bits per heavy atom. The number of hydrogen-bond donors (Lipinski definition) is 2. The van der Waals surface area contributed by atoms with Crippen molar-refractivity contribution in [1.82, 2.24) is 15.2 Å². The highest BCUT2D eigenvalue weighted by atomic mass is 32.1. The Kier molecular flexibility index (Phi) is 4.88. The molecule has 2 aliphatic rings. The van der Waals surface area contributed by atoms with Gasteiger partial charge in [-0.3, -0.25) is 4.79 Å². The molecule has 3 amide bonds. The highest BCUT2D eigenvalue weighted by Gasteiger charge is 2.31. The lowest BCUT2D eigenvalue weighted by atomic mass is 10.1. The monoisotopic (exact) mass is 370 g/mol. The molecule has 1 saturated carbocycles. The second-order valence-electron chi connectivity index (χ2n) is 6.79. The first-order chi connectivity index (χ1) is 12.7. The molecular weight excluding hydrogens is 348 g/mol. The highest BCUT2D eigenvalue weighted by molar-refractivity contribution is 7.15. The van der Waals surface area contributed by atoms with Crippen molar-refractivity contribution in [3.05, 3.63) is 46.5 Å². The number of aromatic nitrogens is 1. The van der Waals surface area contributed by atoms with Crippen molar-refractivity contribution < 1.29 is 9.59 Å². The molecule has 1 aromatic carbocycles. The van der Waals surface area contributed by atoms with Gasteiger partial charge in [-0.2, -0.15) is 0 Å². The number of amides is 3. The molecule has 0 unspecified atom stereocenters. The van der Waals surface area contributed by atoms with Crippen LogP contribution in [0.3, 0.4) is 0 Å². The summed E-state index contributed by atoms with van der Waals surface area (Å²) in [4.78, 5) is 31.7. The van der Waals surface area contributed by atoms with Crippen LogP contribution < -0.4 is 10.6 Å². The maximum atomic E-state index is 12.4. The van der Waals surface area contributed by atoms with Gasteiger partial charge in [0, 0.05) is 30.3 Å². The molecule has 1 aromatic heterocycles. The summed E-state index contributed by atoms with van der Waals surface area (Å²) in [7, 11) is 0. The molecule has 1 fully saturated rings. The molecule has 0 spiro atoms. The number of urea groups is 1. The first-order valence-corrected chi connectivity index (χ1v) is 9.87. The number of hydrogen-bond acceptors (Lipinski definition) is 4. The van der Waals surface area contributed by atoms with Crippen molar-refractivity contribution in [3.8, 4) is 0 Å². The van der Waals surface area contributed by atoms with Gasteiger partial charge in [-0.1, -0.05) is 41.7 Å². The first-order valence-electron chi connectivity index (χ1n) is 9.05. The maximum absolute atomic E-state index is 12.4. The van der Waals surface area contributed by atoms with Crippen molar-refractivity contribution in [3.63, 3.8) is 0 Å². The number of nitrogens with zero attached hydrogens (tertiary/aromatic N) is 2. The van der Waals surface area contributed by atoms with Crippen LogP contribution in [0.15, 0.2) is 30.3 Å². The standard InChI is InChI=1S/C19H22N4O2S/c24-17(14-6-7-14)22-18-21-15-9-11-23(12-16(15)26-18)19(25)20-10-8-13-4-2-1-3-5-13/h1-5,14H,6-12H2,(H,20,25)(H,21,22,24). The lowest BCUT2D eigenvalue weighted by Gasteiger charge is -2.26. The quantitative estimate of drug-likeness (QED) is 0.850. The average molecular weight is 370 g/mol. The normalized spacial score (nSPS) is 16.1. The molecule has 0 radical (unpaired) electrons. The van der Waals surface area contributed by atoms with Gasteiger partial charge in [0.2, 0.25) is 5.91 Å². The summed E-state index contributed by atoms with van der Waals surface area (Å²) < 4.78 is 0. The van der Waals surface area contributed by atoms with Crippen LogP contribution in [-0.4, -0.2) is 34.9 Å². The zero-order chi connectivity index (χ0) is 17.9. The fourth-order valence-corrected chi connectivity index (χ4v) is 4.07. The number of anilines is 1. The van der Waals surface area contributed by atoms with Crippen LogP contribution >= 0.6 is 11.3 Å². The zero-order valence-electron chi connectivity index (χ0n) is 14.5. The average Bonchev–Trinajstić information content (AvgIpc) is 3.43. The summed E-state index contributed by atoms with van der Waals surface area (Å²) in [6.45, 7) is 1.84. The molecule has 136 valence electrons. The molecule has 2 aromatic rings. The Balaban J connectivity index is 1.29. The van der Waals surface area contributed by atoms with E-state index in [1.165, 1.54) is 16.9 Å². The minimum Gasteiger partial charge on any atom is -0.338 e. The van der Waals surface area contributed by atoms with Crippen LogP contribution in [-0.2, 0) is 24.2 Å². The molecule has 0 bridgehead atoms. The predicted octanol–water partition coefficient (Wildman–Crippen LogP) is 2.80. The number of carbonyl (C=O) groups is 2. The lowest BCUT2D eigenvalue weighted by molar-refractivity contribution is -0.117. The molecule has 2 heterocycles. The van der Waals surface area contributed by atoms with E-state index in [2.05, 4.69) is 27.8 Å². The molecule has 0 saturated heterocycles. The van der Waals surface area contributed by atoms with E-state index in [0.29, 0.717) is 24.8 Å². The van der Waals surface area contributed by atoms with Crippen LogP contribution in [0.1, 0.15) is 29.0 Å². The topological polar surface area (TPSA) is 74.3 Å². The largest absolute Gasteiger partial charge is 0.338 e. The van der Waals surface area contributed by atoms with E-state index in [4.69, 9.17) is 0 Å². The Labute approximate surface area is 156 Å². The number of carbonyl (C=O) groups excluding carboxylic acids is 2. The van der Waals surface area contributed by atoms with Crippen molar-refractivity contribution >= 4 is 28.4 Å². The fourth-order valence-electron chi connectivity index (χ4n) is 3.05. The van der Waals surface area contributed by atoms with Gasteiger partial charge in [-0.05, 0) is 24.8 Å². The van der Waals surface area contributed by atoms with Gasteiger partial charge in [-0.25, -0.2) is 9.78 Å². The summed E-state index contributed by atoms with van der Waals surface area (Å²) in [5.41, 5.74) is 2.22. The molecule has 4 rings (SSSR count). The number of rotatable bonds is 5. The van der Waals surface area contributed by atoms with E-state index in [0.717, 1.165) is 36.3 Å². The summed E-state index contributed by atoms with van der Waals surface area (Å²) >= 11 is 1.49. The van der Waals surface area contributed by atoms with Crippen molar-refractivity contribution in [1.29, 1.82) is 0 Å². The van der Waals surface area contributed by atoms with Gasteiger partial charge in [0.15, 0.2) is 5.13 Å². The Morgan fingerprint density at radius 2 is 2.04 bits per heavy atom. The molecular formula is C19H22N4O2S. The van der Waals surface area contributed by atoms with E-state index in [1.807, 2.05) is 23.1 Å². The minimum atomic E-state index is -0.0384. The number of benzene rings is 1. The van der Waals surface area contributed by atoms with Gasteiger partial charge in [-0.15, -0.1) is 0 Å². The van der Waals surface area contributed by atoms with E-state index in [-0.39, 0.29) is 17.9 Å². The molecule has 26 heavy (non-hydrogen) atoms. The van der Waals surface area contributed by atoms with E-state index < -0.39 is 0 Å². The van der Waals surface area contributed by atoms with E-state index >= 15 is 0 Å². The molecule has 7 heteroatoms. The van der Waals surface area contributed by atoms with Crippen molar-refractivity contribution in [2.45, 2.75) is 32.2 Å². The van der Waals surface area contributed by atoms with E-state index in [1.54, 1.807) is 0 Å². The zero-order valence-corrected chi connectivity index (χ0v) is 15.3. The smallest absolute Gasteiger partial charge is 0.317 e. The molecule has 0 atom stereocenters.